The van der Waals surface area contributed by atoms with E-state index in [-0.39, 0.29) is 23.9 Å². The third kappa shape index (κ3) is 4.98. The lowest BCUT2D eigenvalue weighted by atomic mass is 10.1. The molecule has 8 rings (SSSR count). The Balaban J connectivity index is 1.20. The Morgan fingerprint density at radius 2 is 1.89 bits per heavy atom. The van der Waals surface area contributed by atoms with Gasteiger partial charge in [0.25, 0.3) is 11.8 Å². The van der Waals surface area contributed by atoms with Crippen molar-refractivity contribution >= 4 is 39.6 Å². The van der Waals surface area contributed by atoms with E-state index in [1.165, 1.54) is 12.8 Å². The van der Waals surface area contributed by atoms with Gasteiger partial charge < -0.3 is 29.8 Å². The number of rotatable bonds is 8. The highest BCUT2D eigenvalue weighted by molar-refractivity contribution is 6.03. The first-order chi connectivity index (χ1) is 22.7. The van der Waals surface area contributed by atoms with E-state index >= 15 is 0 Å². The number of amides is 2. The van der Waals surface area contributed by atoms with Crippen molar-refractivity contribution in [2.24, 2.45) is 24.6 Å². The lowest BCUT2D eigenvalue weighted by molar-refractivity contribution is -0.112. The summed E-state index contributed by atoms with van der Waals surface area (Å²) in [5.74, 6) is 2.15. The molecule has 3 aliphatic rings. The molecule has 3 fully saturated rings. The van der Waals surface area contributed by atoms with Crippen LogP contribution >= 0.6 is 0 Å². The summed E-state index contributed by atoms with van der Waals surface area (Å²) in [4.78, 5) is 38.2. The summed E-state index contributed by atoms with van der Waals surface area (Å²) in [5.41, 5.74) is 13.3. The summed E-state index contributed by atoms with van der Waals surface area (Å²) in [6, 6.07) is 17.9. The average molecular weight is 630 g/mol. The van der Waals surface area contributed by atoms with Crippen LogP contribution in [-0.4, -0.2) is 61.6 Å². The molecular weight excluding hydrogens is 590 g/mol. The van der Waals surface area contributed by atoms with Crippen molar-refractivity contribution in [3.05, 3.63) is 72.3 Å². The predicted octanol–water partition coefficient (Wildman–Crippen LogP) is 5.75. The minimum absolute atomic E-state index is 0.0112. The molecule has 240 valence electrons. The van der Waals surface area contributed by atoms with E-state index in [9.17, 15) is 9.59 Å². The van der Waals surface area contributed by atoms with Crippen LogP contribution in [0, 0.1) is 11.8 Å². The number of carbonyl (C=O) groups excluding carboxylic acids is 2. The maximum Gasteiger partial charge on any atom is 0.254 e. The molecule has 1 saturated heterocycles. The number of nitrogens with zero attached hydrogens (tertiary/aromatic N) is 5. The number of aryl methyl sites for hydroxylation is 1. The number of nitrogens with two attached hydrogens (primary N) is 1. The van der Waals surface area contributed by atoms with E-state index in [1.807, 2.05) is 54.4 Å². The Labute approximate surface area is 273 Å². The van der Waals surface area contributed by atoms with E-state index in [2.05, 4.69) is 33.2 Å². The van der Waals surface area contributed by atoms with Crippen LogP contribution in [0.15, 0.2) is 66.7 Å². The monoisotopic (exact) mass is 629 g/mol. The van der Waals surface area contributed by atoms with Crippen molar-refractivity contribution in [2.45, 2.75) is 51.2 Å². The first-order valence-electron chi connectivity index (χ1n) is 16.4. The van der Waals surface area contributed by atoms with E-state index in [1.54, 1.807) is 14.0 Å². The molecule has 2 aromatic carbocycles. The molecular formula is C37H39N7O3. The highest BCUT2D eigenvalue weighted by atomic mass is 16.5. The highest BCUT2D eigenvalue weighted by Crippen LogP contribution is 2.40. The molecule has 2 unspecified atom stereocenters. The third-order valence-electron chi connectivity index (χ3n) is 10.2. The number of imidazole rings is 1. The Kier molecular flexibility index (Phi) is 6.94. The number of benzene rings is 2. The van der Waals surface area contributed by atoms with Crippen LogP contribution in [0.1, 0.15) is 43.0 Å². The molecule has 5 aromatic rings. The van der Waals surface area contributed by atoms with Crippen LogP contribution < -0.4 is 15.8 Å². The number of piperidine rings is 1. The number of aromatic nitrogens is 4. The normalized spacial score (nSPS) is 20.3. The summed E-state index contributed by atoms with van der Waals surface area (Å²) in [5, 5.41) is 3.92. The second-order valence-corrected chi connectivity index (χ2v) is 13.5. The fourth-order valence-electron chi connectivity index (χ4n) is 7.48. The lowest BCUT2D eigenvalue weighted by Crippen LogP contribution is -2.41. The van der Waals surface area contributed by atoms with Gasteiger partial charge >= 0.3 is 0 Å². The number of pyridine rings is 1. The molecule has 10 nitrogen and oxygen atoms in total. The number of nitrogens with one attached hydrogen (secondary N) is 1. The van der Waals surface area contributed by atoms with Crippen molar-refractivity contribution in [1.82, 2.24) is 24.0 Å². The molecule has 3 N–H and O–H groups in total. The van der Waals surface area contributed by atoms with Crippen molar-refractivity contribution < 1.29 is 14.3 Å². The summed E-state index contributed by atoms with van der Waals surface area (Å²) < 4.78 is 10.2. The maximum absolute atomic E-state index is 13.8. The molecule has 1 aliphatic heterocycles. The molecule has 2 bridgehead atoms. The second-order valence-electron chi connectivity index (χ2n) is 13.5. The summed E-state index contributed by atoms with van der Waals surface area (Å²) in [6.07, 6.45) is 4.43. The maximum atomic E-state index is 13.8. The van der Waals surface area contributed by atoms with Gasteiger partial charge in [-0.1, -0.05) is 18.7 Å². The zero-order chi connectivity index (χ0) is 32.6. The van der Waals surface area contributed by atoms with Crippen molar-refractivity contribution in [2.75, 3.05) is 19.0 Å². The lowest BCUT2D eigenvalue weighted by Gasteiger charge is -2.27. The molecule has 0 spiro atoms. The highest BCUT2D eigenvalue weighted by Gasteiger charge is 2.47. The van der Waals surface area contributed by atoms with Gasteiger partial charge in [-0.05, 0) is 86.9 Å². The summed E-state index contributed by atoms with van der Waals surface area (Å²) in [6.45, 7) is 6.97. The first-order valence-corrected chi connectivity index (χ1v) is 16.4. The van der Waals surface area contributed by atoms with Crippen LogP contribution in [0.2, 0.25) is 0 Å². The molecule has 0 radical (unpaired) electrons. The van der Waals surface area contributed by atoms with Crippen LogP contribution in [0.25, 0.3) is 44.8 Å². The van der Waals surface area contributed by atoms with Gasteiger partial charge in [0.1, 0.15) is 16.9 Å². The Morgan fingerprint density at radius 1 is 1.06 bits per heavy atom. The largest absolute Gasteiger partial charge is 0.494 e. The minimum Gasteiger partial charge on any atom is -0.494 e. The quantitative estimate of drug-likeness (QED) is 0.211. The van der Waals surface area contributed by atoms with Gasteiger partial charge in [0.2, 0.25) is 0 Å². The van der Waals surface area contributed by atoms with Crippen molar-refractivity contribution in [3.63, 3.8) is 0 Å². The van der Waals surface area contributed by atoms with E-state index in [4.69, 9.17) is 20.4 Å². The molecule has 2 aliphatic carbocycles. The van der Waals surface area contributed by atoms with Gasteiger partial charge in [0.15, 0.2) is 5.82 Å². The molecule has 10 heteroatoms. The molecule has 4 heterocycles. The molecule has 47 heavy (non-hydrogen) atoms. The Bertz CT molecular complexity index is 2110. The standard InChI is InChI=1S/C37H39N7O3/c1-20(2)36(45)39-26-7-5-6-22(14-26)27-12-10-23-16-30(43(34(23)40-27)18-21-8-9-21)35-41-28-15-25(17-31(47-4)33(28)42(35)3)37(46)44-19-24-11-13-29(44)32(24)38/h5-7,10,12,14-17,21,24,29,32H,1,8-9,11,13,18-19,38H2,2-4H3,(H,39,45)/t24?,29?,32-/m1/s1. The number of hydrogen-bond donors (Lipinski definition) is 2. The van der Waals surface area contributed by atoms with Crippen molar-refractivity contribution in [1.29, 1.82) is 0 Å². The molecule has 3 atom stereocenters. The molecule has 3 aromatic heterocycles. The fourth-order valence-corrected chi connectivity index (χ4v) is 7.48. The van der Waals surface area contributed by atoms with Gasteiger partial charge in [-0.25, -0.2) is 9.97 Å². The van der Waals surface area contributed by atoms with Gasteiger partial charge in [-0.3, -0.25) is 9.59 Å². The van der Waals surface area contributed by atoms with E-state index < -0.39 is 0 Å². The van der Waals surface area contributed by atoms with Crippen LogP contribution in [-0.2, 0) is 18.4 Å². The zero-order valence-corrected chi connectivity index (χ0v) is 27.0. The number of anilines is 1. The van der Waals surface area contributed by atoms with Crippen molar-refractivity contribution in [3.8, 4) is 28.5 Å². The fraction of sp³-hybridized carbons (Fsp3) is 0.351. The van der Waals surface area contributed by atoms with Gasteiger partial charge in [0, 0.05) is 60.0 Å². The number of likely N-dealkylation sites (tertiary alicyclic amines) is 1. The third-order valence-corrected chi connectivity index (χ3v) is 10.2. The van der Waals surface area contributed by atoms with E-state index in [0.29, 0.717) is 46.5 Å². The van der Waals surface area contributed by atoms with Gasteiger partial charge in [-0.2, -0.15) is 0 Å². The minimum atomic E-state index is -0.212. The Morgan fingerprint density at radius 3 is 2.60 bits per heavy atom. The number of methoxy groups -OCH3 is 1. The number of ether oxygens (including phenoxy) is 1. The topological polar surface area (TPSA) is 120 Å². The first kappa shape index (κ1) is 29.4. The number of fused-ring (bicyclic) bond motifs is 4. The molecule has 2 amide bonds. The van der Waals surface area contributed by atoms with Gasteiger partial charge in [0.05, 0.1) is 24.0 Å². The van der Waals surface area contributed by atoms with E-state index in [0.717, 1.165) is 58.7 Å². The second kappa shape index (κ2) is 11.1. The van der Waals surface area contributed by atoms with Crippen LogP contribution in [0.4, 0.5) is 5.69 Å². The van der Waals surface area contributed by atoms with Crippen LogP contribution in [0.5, 0.6) is 5.75 Å². The smallest absolute Gasteiger partial charge is 0.254 e. The summed E-state index contributed by atoms with van der Waals surface area (Å²) in [7, 11) is 3.63. The molecule has 2 saturated carbocycles. The Hall–Kier alpha value is -4.96. The number of carbonyl (C=O) groups is 2. The number of hydrogen-bond acceptors (Lipinski definition) is 6. The van der Waals surface area contributed by atoms with Gasteiger partial charge in [-0.15, -0.1) is 0 Å². The summed E-state index contributed by atoms with van der Waals surface area (Å²) >= 11 is 0. The SMILES string of the molecule is C=C(C)C(=O)Nc1cccc(-c2ccc3cc(-c4nc5cc(C(=O)N6CC7CCC6[C@@H]7N)cc(OC)c5n4C)n(CC4CC4)c3n2)c1. The predicted molar refractivity (Wildman–Crippen MR) is 183 cm³/mol. The average Bonchev–Trinajstić information content (AvgIpc) is 3.47. The van der Waals surface area contributed by atoms with Crippen LogP contribution in [0.3, 0.4) is 0 Å². The zero-order valence-electron chi connectivity index (χ0n) is 27.0.